The number of furan rings is 1. The number of rotatable bonds is 2. The van der Waals surface area contributed by atoms with E-state index in [1.165, 1.54) is 12.3 Å². The van der Waals surface area contributed by atoms with Crippen LogP contribution in [-0.4, -0.2) is 10.9 Å². The summed E-state index contributed by atoms with van der Waals surface area (Å²) in [5, 5.41) is 2.28. The Labute approximate surface area is 95.3 Å². The smallest absolute Gasteiger partial charge is 0.259 e. The lowest BCUT2D eigenvalue weighted by Gasteiger charge is -2.04. The van der Waals surface area contributed by atoms with E-state index < -0.39 is 17.8 Å². The van der Waals surface area contributed by atoms with Gasteiger partial charge in [0.05, 0.1) is 17.5 Å². The molecule has 0 spiro atoms. The number of aromatic nitrogens is 1. The van der Waals surface area contributed by atoms with E-state index in [4.69, 9.17) is 4.42 Å². The molecule has 0 aliphatic carbocycles. The topological polar surface area (TPSA) is 55.1 Å². The van der Waals surface area contributed by atoms with Gasteiger partial charge >= 0.3 is 0 Å². The summed E-state index contributed by atoms with van der Waals surface area (Å²) in [4.78, 5) is 14.6. The highest BCUT2D eigenvalue weighted by atomic mass is 19.1. The van der Waals surface area contributed by atoms with Gasteiger partial charge in [0.15, 0.2) is 0 Å². The van der Waals surface area contributed by atoms with Gasteiger partial charge in [-0.25, -0.2) is 0 Å². The van der Waals surface area contributed by atoms with Crippen LogP contribution in [0.3, 0.4) is 0 Å². The Hall–Kier alpha value is -2.24. The van der Waals surface area contributed by atoms with Crippen LogP contribution in [0.1, 0.15) is 16.1 Å². The van der Waals surface area contributed by atoms with Gasteiger partial charge in [0, 0.05) is 0 Å². The van der Waals surface area contributed by atoms with Crippen LogP contribution >= 0.6 is 0 Å². The van der Waals surface area contributed by atoms with Crippen molar-refractivity contribution in [2.24, 2.45) is 0 Å². The molecule has 2 rings (SSSR count). The number of anilines is 1. The van der Waals surface area contributed by atoms with Crippen LogP contribution in [0.4, 0.5) is 14.5 Å². The molecular weight excluding hydrogens is 230 g/mol. The number of carbonyl (C=O) groups is 1. The van der Waals surface area contributed by atoms with Crippen molar-refractivity contribution in [3.05, 3.63) is 47.7 Å². The van der Waals surface area contributed by atoms with Gasteiger partial charge in [-0.3, -0.25) is 4.79 Å². The molecule has 2 aromatic rings. The second-order valence-corrected chi connectivity index (χ2v) is 3.32. The van der Waals surface area contributed by atoms with Crippen LogP contribution in [0.5, 0.6) is 0 Å². The Kier molecular flexibility index (Phi) is 2.86. The minimum Gasteiger partial charge on any atom is -0.469 e. The van der Waals surface area contributed by atoms with Crippen molar-refractivity contribution >= 4 is 11.6 Å². The molecule has 88 valence electrons. The maximum atomic E-state index is 13.2. The van der Waals surface area contributed by atoms with Crippen LogP contribution in [-0.2, 0) is 0 Å². The van der Waals surface area contributed by atoms with E-state index in [1.54, 1.807) is 6.92 Å². The van der Waals surface area contributed by atoms with Gasteiger partial charge < -0.3 is 9.73 Å². The molecule has 1 amide bonds. The Bertz CT molecular complexity index is 566. The quantitative estimate of drug-likeness (QED) is 0.818. The predicted molar refractivity (Wildman–Crippen MR) is 55.6 cm³/mol. The monoisotopic (exact) mass is 238 g/mol. The molecule has 0 fully saturated rings. The number of halogens is 2. The first-order valence-corrected chi connectivity index (χ1v) is 4.75. The van der Waals surface area contributed by atoms with Gasteiger partial charge in [-0.2, -0.15) is 13.8 Å². The lowest BCUT2D eigenvalue weighted by Crippen LogP contribution is -2.14. The standard InChI is InChI=1S/C11H8F2N2O2/c1-6-7(4-5-17-6)11(16)14-8-2-3-9(12)15-10(8)13/h2-5H,1H3,(H,14,16). The lowest BCUT2D eigenvalue weighted by molar-refractivity contribution is 0.102. The summed E-state index contributed by atoms with van der Waals surface area (Å²) in [5.74, 6) is -2.14. The summed E-state index contributed by atoms with van der Waals surface area (Å²) >= 11 is 0. The van der Waals surface area contributed by atoms with E-state index >= 15 is 0 Å². The Morgan fingerprint density at radius 1 is 1.35 bits per heavy atom. The van der Waals surface area contributed by atoms with Gasteiger partial charge in [0.2, 0.25) is 11.9 Å². The molecule has 2 heterocycles. The van der Waals surface area contributed by atoms with Crippen molar-refractivity contribution < 1.29 is 18.0 Å². The highest BCUT2D eigenvalue weighted by Crippen LogP contribution is 2.15. The van der Waals surface area contributed by atoms with Crippen molar-refractivity contribution in [2.45, 2.75) is 6.92 Å². The molecule has 0 atom stereocenters. The molecular formula is C11H8F2N2O2. The molecule has 17 heavy (non-hydrogen) atoms. The maximum absolute atomic E-state index is 13.2. The summed E-state index contributed by atoms with van der Waals surface area (Å²) in [5.41, 5.74) is 0.103. The van der Waals surface area contributed by atoms with Gasteiger partial charge in [-0.1, -0.05) is 0 Å². The van der Waals surface area contributed by atoms with E-state index in [0.29, 0.717) is 5.76 Å². The fourth-order valence-corrected chi connectivity index (χ4v) is 1.32. The van der Waals surface area contributed by atoms with Crippen molar-refractivity contribution in [3.8, 4) is 0 Å². The van der Waals surface area contributed by atoms with Gasteiger partial charge in [0.1, 0.15) is 5.76 Å². The second-order valence-electron chi connectivity index (χ2n) is 3.32. The summed E-state index contributed by atoms with van der Waals surface area (Å²) in [7, 11) is 0. The number of hydrogen-bond donors (Lipinski definition) is 1. The van der Waals surface area contributed by atoms with Crippen molar-refractivity contribution in [1.82, 2.24) is 4.98 Å². The second kappa shape index (κ2) is 4.32. The molecule has 6 heteroatoms. The van der Waals surface area contributed by atoms with Gasteiger partial charge in [0.25, 0.3) is 5.91 Å². The first-order chi connectivity index (χ1) is 8.08. The molecule has 2 aromatic heterocycles. The van der Waals surface area contributed by atoms with Crippen LogP contribution in [0, 0.1) is 18.8 Å². The highest BCUT2D eigenvalue weighted by molar-refractivity contribution is 6.04. The predicted octanol–water partition coefficient (Wildman–Crippen LogP) is 2.51. The Morgan fingerprint density at radius 2 is 2.12 bits per heavy atom. The van der Waals surface area contributed by atoms with E-state index in [1.807, 2.05) is 0 Å². The zero-order chi connectivity index (χ0) is 12.4. The molecule has 1 N–H and O–H groups in total. The third kappa shape index (κ3) is 2.30. The third-order valence-electron chi connectivity index (χ3n) is 2.17. The number of amides is 1. The Morgan fingerprint density at radius 3 is 2.71 bits per heavy atom. The van der Waals surface area contributed by atoms with Crippen LogP contribution in [0.15, 0.2) is 28.9 Å². The molecule has 0 aliphatic heterocycles. The summed E-state index contributed by atoms with van der Waals surface area (Å²) in [6.45, 7) is 1.61. The van der Waals surface area contributed by atoms with E-state index in [-0.39, 0.29) is 11.3 Å². The molecule has 4 nitrogen and oxygen atoms in total. The lowest BCUT2D eigenvalue weighted by atomic mass is 10.2. The number of carbonyl (C=O) groups excluding carboxylic acids is 1. The van der Waals surface area contributed by atoms with E-state index in [0.717, 1.165) is 12.1 Å². The van der Waals surface area contributed by atoms with Crippen LogP contribution in [0.25, 0.3) is 0 Å². The molecule has 0 aromatic carbocycles. The van der Waals surface area contributed by atoms with Gasteiger partial charge in [-0.15, -0.1) is 0 Å². The van der Waals surface area contributed by atoms with Crippen LogP contribution in [0.2, 0.25) is 0 Å². The normalized spacial score (nSPS) is 10.3. The van der Waals surface area contributed by atoms with Crippen molar-refractivity contribution in [2.75, 3.05) is 5.32 Å². The minimum absolute atomic E-state index is 0.183. The number of nitrogens with zero attached hydrogens (tertiary/aromatic N) is 1. The average molecular weight is 238 g/mol. The largest absolute Gasteiger partial charge is 0.469 e. The molecule has 0 saturated carbocycles. The number of aryl methyl sites for hydroxylation is 1. The summed E-state index contributed by atoms with van der Waals surface area (Å²) in [6.07, 6.45) is 1.35. The molecule has 0 aliphatic rings. The van der Waals surface area contributed by atoms with Gasteiger partial charge in [-0.05, 0) is 25.1 Å². The molecule has 0 bridgehead atoms. The number of nitrogens with one attached hydrogen (secondary N) is 1. The first-order valence-electron chi connectivity index (χ1n) is 4.75. The number of pyridine rings is 1. The summed E-state index contributed by atoms with van der Waals surface area (Å²) in [6, 6.07) is 3.52. The summed E-state index contributed by atoms with van der Waals surface area (Å²) < 4.78 is 30.6. The van der Waals surface area contributed by atoms with Crippen LogP contribution < -0.4 is 5.32 Å². The Balaban J connectivity index is 2.22. The zero-order valence-corrected chi connectivity index (χ0v) is 8.83. The minimum atomic E-state index is -1.07. The maximum Gasteiger partial charge on any atom is 0.259 e. The van der Waals surface area contributed by atoms with Crippen molar-refractivity contribution in [3.63, 3.8) is 0 Å². The fraction of sp³-hybridized carbons (Fsp3) is 0.0909. The fourth-order valence-electron chi connectivity index (χ4n) is 1.32. The molecule has 0 radical (unpaired) electrons. The third-order valence-corrected chi connectivity index (χ3v) is 2.17. The highest BCUT2D eigenvalue weighted by Gasteiger charge is 2.14. The van der Waals surface area contributed by atoms with E-state index in [2.05, 4.69) is 10.3 Å². The first kappa shape index (κ1) is 11.3. The number of hydrogen-bond acceptors (Lipinski definition) is 3. The van der Waals surface area contributed by atoms with Crippen molar-refractivity contribution in [1.29, 1.82) is 0 Å². The average Bonchev–Trinajstić information content (AvgIpc) is 2.68. The SMILES string of the molecule is Cc1occc1C(=O)Nc1ccc(F)nc1F. The van der Waals surface area contributed by atoms with E-state index in [9.17, 15) is 13.6 Å². The zero-order valence-electron chi connectivity index (χ0n) is 8.83. The molecule has 0 unspecified atom stereocenters. The molecule has 0 saturated heterocycles.